The average molecular weight is 417 g/mol. The topological polar surface area (TPSA) is 112 Å². The van der Waals surface area contributed by atoms with Gasteiger partial charge in [0.25, 0.3) is 0 Å². The summed E-state index contributed by atoms with van der Waals surface area (Å²) < 4.78 is 10.9. The summed E-state index contributed by atoms with van der Waals surface area (Å²) in [5, 5.41) is 7.96. The van der Waals surface area contributed by atoms with E-state index in [4.69, 9.17) is 9.47 Å². The number of hydrogen-bond donors (Lipinski definition) is 3. The van der Waals surface area contributed by atoms with E-state index in [0.29, 0.717) is 56.1 Å². The smallest absolute Gasteiger partial charge is 0.325 e. The molecule has 0 spiro atoms. The molecule has 2 fully saturated rings. The number of ether oxygens (including phenoxy) is 2. The minimum Gasteiger partial charge on any atom is -0.486 e. The van der Waals surface area contributed by atoms with Gasteiger partial charge >= 0.3 is 6.03 Å². The summed E-state index contributed by atoms with van der Waals surface area (Å²) >= 11 is 0. The Hall–Kier alpha value is -2.85. The van der Waals surface area contributed by atoms with Crippen molar-refractivity contribution in [1.82, 2.24) is 20.4 Å². The van der Waals surface area contributed by atoms with Crippen molar-refractivity contribution < 1.29 is 23.9 Å². The summed E-state index contributed by atoms with van der Waals surface area (Å²) in [5.74, 6) is 0.894. The van der Waals surface area contributed by atoms with Crippen LogP contribution in [-0.4, -0.2) is 86.2 Å². The molecule has 0 aromatic heterocycles. The van der Waals surface area contributed by atoms with Gasteiger partial charge in [-0.3, -0.25) is 24.7 Å². The lowest BCUT2D eigenvalue weighted by Gasteiger charge is -2.33. The molecule has 10 nitrogen and oxygen atoms in total. The summed E-state index contributed by atoms with van der Waals surface area (Å²) in [7, 11) is 0. The normalized spacial score (nSPS) is 19.1. The molecule has 3 N–H and O–H groups in total. The van der Waals surface area contributed by atoms with Crippen LogP contribution < -0.4 is 25.4 Å². The quantitative estimate of drug-likeness (QED) is 0.597. The van der Waals surface area contributed by atoms with E-state index in [0.717, 1.165) is 25.9 Å². The lowest BCUT2D eigenvalue weighted by atomic mass is 10.2. The fourth-order valence-electron chi connectivity index (χ4n) is 3.46. The molecular weight excluding hydrogens is 390 g/mol. The highest BCUT2D eigenvalue weighted by Gasteiger charge is 2.26. The van der Waals surface area contributed by atoms with Crippen molar-refractivity contribution in [1.29, 1.82) is 0 Å². The van der Waals surface area contributed by atoms with Crippen LogP contribution in [0.1, 0.15) is 12.8 Å². The van der Waals surface area contributed by atoms with Crippen LogP contribution in [0.5, 0.6) is 11.5 Å². The minimum absolute atomic E-state index is 0.0690. The van der Waals surface area contributed by atoms with E-state index in [9.17, 15) is 14.4 Å². The van der Waals surface area contributed by atoms with E-state index in [1.807, 2.05) is 4.90 Å². The molecule has 1 aromatic carbocycles. The van der Waals surface area contributed by atoms with Gasteiger partial charge < -0.3 is 20.1 Å². The second-order valence-electron chi connectivity index (χ2n) is 7.75. The number of nitrogens with zero attached hydrogens (tertiary/aromatic N) is 2. The number of carbonyl (C=O) groups is 3. The van der Waals surface area contributed by atoms with E-state index < -0.39 is 6.03 Å². The molecule has 162 valence electrons. The molecule has 3 aliphatic rings. The van der Waals surface area contributed by atoms with Crippen LogP contribution in [-0.2, 0) is 9.59 Å². The van der Waals surface area contributed by atoms with Gasteiger partial charge in [0.05, 0.1) is 13.1 Å². The van der Waals surface area contributed by atoms with Gasteiger partial charge in [-0.2, -0.15) is 0 Å². The number of fused-ring (bicyclic) bond motifs is 1. The van der Waals surface area contributed by atoms with E-state index in [1.54, 1.807) is 18.2 Å². The second-order valence-corrected chi connectivity index (χ2v) is 7.75. The maximum absolute atomic E-state index is 12.2. The molecule has 1 aliphatic carbocycles. The molecule has 0 bridgehead atoms. The SMILES string of the molecule is O=C(CN1CCN(CC(=O)NC2CC2)CC1)NC(=O)Nc1ccc2c(c1)OCCO2. The molecule has 2 aliphatic heterocycles. The van der Waals surface area contributed by atoms with E-state index in [1.165, 1.54) is 0 Å². The highest BCUT2D eigenvalue weighted by molar-refractivity contribution is 6.01. The first-order valence-corrected chi connectivity index (χ1v) is 10.3. The zero-order valence-electron chi connectivity index (χ0n) is 16.8. The van der Waals surface area contributed by atoms with Gasteiger partial charge in [0.2, 0.25) is 11.8 Å². The van der Waals surface area contributed by atoms with Gasteiger partial charge in [0.1, 0.15) is 13.2 Å². The fraction of sp³-hybridized carbons (Fsp3) is 0.550. The average Bonchev–Trinajstić information content (AvgIpc) is 3.53. The molecule has 2 heterocycles. The first-order chi connectivity index (χ1) is 14.5. The predicted octanol–water partition coefficient (Wildman–Crippen LogP) is 0.00210. The van der Waals surface area contributed by atoms with Crippen molar-refractivity contribution in [2.24, 2.45) is 0 Å². The molecule has 0 unspecified atom stereocenters. The predicted molar refractivity (Wildman–Crippen MR) is 109 cm³/mol. The van der Waals surface area contributed by atoms with Gasteiger partial charge in [0.15, 0.2) is 11.5 Å². The maximum Gasteiger partial charge on any atom is 0.325 e. The number of benzene rings is 1. The Labute approximate surface area is 174 Å². The van der Waals surface area contributed by atoms with Crippen molar-refractivity contribution in [3.8, 4) is 11.5 Å². The highest BCUT2D eigenvalue weighted by atomic mass is 16.6. The molecule has 1 saturated carbocycles. The molecule has 4 amide bonds. The van der Waals surface area contributed by atoms with Crippen LogP contribution >= 0.6 is 0 Å². The van der Waals surface area contributed by atoms with Crippen molar-refractivity contribution in [3.63, 3.8) is 0 Å². The fourth-order valence-corrected chi connectivity index (χ4v) is 3.46. The van der Waals surface area contributed by atoms with Crippen LogP contribution in [0.3, 0.4) is 0 Å². The van der Waals surface area contributed by atoms with Crippen LogP contribution in [0, 0.1) is 0 Å². The summed E-state index contributed by atoms with van der Waals surface area (Å²) in [5.41, 5.74) is 0.516. The van der Waals surface area contributed by atoms with Gasteiger partial charge in [-0.1, -0.05) is 0 Å². The van der Waals surface area contributed by atoms with Crippen molar-refractivity contribution in [2.75, 3.05) is 57.8 Å². The largest absolute Gasteiger partial charge is 0.486 e. The van der Waals surface area contributed by atoms with E-state index >= 15 is 0 Å². The summed E-state index contributed by atoms with van der Waals surface area (Å²) in [6.45, 7) is 4.27. The van der Waals surface area contributed by atoms with Gasteiger partial charge in [-0.25, -0.2) is 4.79 Å². The number of hydrogen-bond acceptors (Lipinski definition) is 7. The minimum atomic E-state index is -0.591. The van der Waals surface area contributed by atoms with Crippen molar-refractivity contribution >= 4 is 23.5 Å². The third-order valence-corrected chi connectivity index (χ3v) is 5.19. The zero-order chi connectivity index (χ0) is 20.9. The van der Waals surface area contributed by atoms with Gasteiger partial charge in [0, 0.05) is 44.0 Å². The summed E-state index contributed by atoms with van der Waals surface area (Å²) in [6, 6.07) is 4.85. The van der Waals surface area contributed by atoms with Gasteiger partial charge in [-0.15, -0.1) is 0 Å². The first kappa shape index (κ1) is 20.4. The Morgan fingerprint density at radius 1 is 0.900 bits per heavy atom. The number of rotatable bonds is 6. The highest BCUT2D eigenvalue weighted by Crippen LogP contribution is 2.32. The number of carbonyl (C=O) groups excluding carboxylic acids is 3. The molecule has 1 aromatic rings. The number of urea groups is 1. The van der Waals surface area contributed by atoms with Crippen molar-refractivity contribution in [3.05, 3.63) is 18.2 Å². The molecule has 0 radical (unpaired) electrons. The third-order valence-electron chi connectivity index (χ3n) is 5.19. The summed E-state index contributed by atoms with van der Waals surface area (Å²) in [4.78, 5) is 40.2. The monoisotopic (exact) mass is 417 g/mol. The number of piperazine rings is 1. The Kier molecular flexibility index (Phi) is 6.34. The molecule has 1 saturated heterocycles. The second kappa shape index (κ2) is 9.31. The Morgan fingerprint density at radius 2 is 1.53 bits per heavy atom. The Balaban J connectivity index is 1.16. The molecular formula is C20H27N5O5. The third kappa shape index (κ3) is 5.83. The molecule has 0 atom stereocenters. The number of imide groups is 1. The lowest BCUT2D eigenvalue weighted by molar-refractivity contribution is -0.124. The first-order valence-electron chi connectivity index (χ1n) is 10.3. The summed E-state index contributed by atoms with van der Waals surface area (Å²) in [6.07, 6.45) is 2.16. The molecule has 30 heavy (non-hydrogen) atoms. The lowest BCUT2D eigenvalue weighted by Crippen LogP contribution is -2.52. The van der Waals surface area contributed by atoms with Crippen LogP contribution in [0.2, 0.25) is 0 Å². The van der Waals surface area contributed by atoms with Gasteiger partial charge in [-0.05, 0) is 25.0 Å². The zero-order valence-corrected chi connectivity index (χ0v) is 16.8. The van der Waals surface area contributed by atoms with Crippen LogP contribution in [0.25, 0.3) is 0 Å². The molecule has 4 rings (SSSR count). The van der Waals surface area contributed by atoms with Crippen LogP contribution in [0.15, 0.2) is 18.2 Å². The van der Waals surface area contributed by atoms with Crippen molar-refractivity contribution in [2.45, 2.75) is 18.9 Å². The number of nitrogens with one attached hydrogen (secondary N) is 3. The van der Waals surface area contributed by atoms with E-state index in [2.05, 4.69) is 20.9 Å². The Bertz CT molecular complexity index is 805. The standard InChI is InChI=1S/C20H27N5O5/c26-18(21-14-1-2-14)12-24-5-7-25(8-6-24)13-19(27)23-20(28)22-15-3-4-16-17(11-15)30-10-9-29-16/h3-4,11,14H,1-2,5-10,12-13H2,(H,21,26)(H2,22,23,27,28). The van der Waals surface area contributed by atoms with E-state index in [-0.39, 0.29) is 18.4 Å². The number of anilines is 1. The maximum atomic E-state index is 12.2. The van der Waals surface area contributed by atoms with Crippen LogP contribution in [0.4, 0.5) is 10.5 Å². The number of amides is 4. The Morgan fingerprint density at radius 3 is 2.20 bits per heavy atom. The molecule has 10 heteroatoms.